The molecule has 0 aliphatic rings. The molecule has 0 unspecified atom stereocenters. The number of hydrogen-bond acceptors (Lipinski definition) is 1. The highest BCUT2D eigenvalue weighted by Crippen LogP contribution is 2.05. The van der Waals surface area contributed by atoms with Gasteiger partial charge in [0.15, 0.2) is 0 Å². The Morgan fingerprint density at radius 1 is 1.33 bits per heavy atom. The van der Waals surface area contributed by atoms with Gasteiger partial charge in [0.2, 0.25) is 0 Å². The Hall–Kier alpha value is -0.890. The highest BCUT2D eigenvalue weighted by atomic mass is 19.1. The Balaban J connectivity index is 2.58. The average molecular weight is 167 g/mol. The predicted octanol–water partition coefficient (Wildman–Crippen LogP) is 1.98. The SMILES string of the molecule is CN[C@@H](C)Cc1ccc(F)cc1. The van der Waals surface area contributed by atoms with Gasteiger partial charge in [-0.1, -0.05) is 12.1 Å². The van der Waals surface area contributed by atoms with Crippen molar-refractivity contribution in [1.29, 1.82) is 0 Å². The Morgan fingerprint density at radius 3 is 2.42 bits per heavy atom. The van der Waals surface area contributed by atoms with Crippen LogP contribution in [0.4, 0.5) is 4.39 Å². The first-order valence-corrected chi connectivity index (χ1v) is 4.14. The van der Waals surface area contributed by atoms with Crippen LogP contribution in [0.25, 0.3) is 0 Å². The zero-order chi connectivity index (χ0) is 8.97. The monoisotopic (exact) mass is 167 g/mol. The fourth-order valence-electron chi connectivity index (χ4n) is 1.08. The zero-order valence-electron chi connectivity index (χ0n) is 7.47. The molecule has 0 aliphatic heterocycles. The molecule has 1 rings (SSSR count). The van der Waals surface area contributed by atoms with Crippen molar-refractivity contribution in [3.05, 3.63) is 35.6 Å². The van der Waals surface area contributed by atoms with E-state index in [2.05, 4.69) is 12.2 Å². The molecule has 0 spiro atoms. The third kappa shape index (κ3) is 2.62. The number of likely N-dealkylation sites (N-methyl/N-ethyl adjacent to an activating group) is 1. The molecule has 1 atom stereocenters. The van der Waals surface area contributed by atoms with E-state index in [0.29, 0.717) is 6.04 Å². The van der Waals surface area contributed by atoms with Gasteiger partial charge in [-0.25, -0.2) is 4.39 Å². The number of rotatable bonds is 3. The molecule has 0 radical (unpaired) electrons. The van der Waals surface area contributed by atoms with Gasteiger partial charge in [-0.2, -0.15) is 0 Å². The second kappa shape index (κ2) is 4.21. The molecule has 1 nitrogen and oxygen atoms in total. The minimum Gasteiger partial charge on any atom is -0.317 e. The molecule has 0 saturated heterocycles. The van der Waals surface area contributed by atoms with Crippen molar-refractivity contribution in [3.63, 3.8) is 0 Å². The highest BCUT2D eigenvalue weighted by Gasteiger charge is 1.99. The zero-order valence-corrected chi connectivity index (χ0v) is 7.47. The van der Waals surface area contributed by atoms with E-state index in [9.17, 15) is 4.39 Å². The third-order valence-electron chi connectivity index (χ3n) is 1.95. The summed E-state index contributed by atoms with van der Waals surface area (Å²) in [5.74, 6) is -0.170. The van der Waals surface area contributed by atoms with E-state index in [0.717, 1.165) is 6.42 Å². The van der Waals surface area contributed by atoms with Gasteiger partial charge in [-0.3, -0.25) is 0 Å². The molecular formula is C10H14FN. The lowest BCUT2D eigenvalue weighted by molar-refractivity contribution is 0.603. The van der Waals surface area contributed by atoms with Crippen molar-refractivity contribution in [2.75, 3.05) is 7.05 Å². The third-order valence-corrected chi connectivity index (χ3v) is 1.95. The second-order valence-corrected chi connectivity index (χ2v) is 3.02. The van der Waals surface area contributed by atoms with Crippen LogP contribution in [0.15, 0.2) is 24.3 Å². The molecule has 1 aromatic rings. The Kier molecular flexibility index (Phi) is 3.23. The minimum absolute atomic E-state index is 0.170. The molecule has 0 aliphatic carbocycles. The molecule has 12 heavy (non-hydrogen) atoms. The summed E-state index contributed by atoms with van der Waals surface area (Å²) in [5.41, 5.74) is 1.17. The maximum Gasteiger partial charge on any atom is 0.123 e. The van der Waals surface area contributed by atoms with E-state index in [1.54, 1.807) is 0 Å². The van der Waals surface area contributed by atoms with Gasteiger partial charge in [0.05, 0.1) is 0 Å². The summed E-state index contributed by atoms with van der Waals surface area (Å²) < 4.78 is 12.5. The van der Waals surface area contributed by atoms with E-state index < -0.39 is 0 Å². The van der Waals surface area contributed by atoms with Crippen molar-refractivity contribution in [2.24, 2.45) is 0 Å². The second-order valence-electron chi connectivity index (χ2n) is 3.02. The highest BCUT2D eigenvalue weighted by molar-refractivity contribution is 5.16. The predicted molar refractivity (Wildman–Crippen MR) is 48.6 cm³/mol. The molecule has 2 heteroatoms. The summed E-state index contributed by atoms with van der Waals surface area (Å²) >= 11 is 0. The summed E-state index contributed by atoms with van der Waals surface area (Å²) in [6.45, 7) is 2.10. The van der Waals surface area contributed by atoms with Gasteiger partial charge in [0, 0.05) is 6.04 Å². The van der Waals surface area contributed by atoms with Crippen LogP contribution >= 0.6 is 0 Å². The fraction of sp³-hybridized carbons (Fsp3) is 0.400. The number of hydrogen-bond donors (Lipinski definition) is 1. The summed E-state index contributed by atoms with van der Waals surface area (Å²) in [4.78, 5) is 0. The van der Waals surface area contributed by atoms with Crippen LogP contribution in [-0.4, -0.2) is 13.1 Å². The Morgan fingerprint density at radius 2 is 1.92 bits per heavy atom. The summed E-state index contributed by atoms with van der Waals surface area (Å²) in [5, 5.41) is 3.13. The fourth-order valence-corrected chi connectivity index (χ4v) is 1.08. The van der Waals surface area contributed by atoms with E-state index in [1.165, 1.54) is 17.7 Å². The van der Waals surface area contributed by atoms with Crippen LogP contribution in [0.2, 0.25) is 0 Å². The number of nitrogens with one attached hydrogen (secondary N) is 1. The molecule has 0 fully saturated rings. The lowest BCUT2D eigenvalue weighted by Gasteiger charge is -2.09. The van der Waals surface area contributed by atoms with Gasteiger partial charge < -0.3 is 5.32 Å². The van der Waals surface area contributed by atoms with Crippen molar-refractivity contribution in [2.45, 2.75) is 19.4 Å². The van der Waals surface area contributed by atoms with Crippen LogP contribution in [0.5, 0.6) is 0 Å². The first-order chi connectivity index (χ1) is 5.72. The quantitative estimate of drug-likeness (QED) is 0.725. The summed E-state index contributed by atoms with van der Waals surface area (Å²) in [7, 11) is 1.92. The van der Waals surface area contributed by atoms with E-state index >= 15 is 0 Å². The average Bonchev–Trinajstić information content (AvgIpc) is 2.09. The molecule has 0 saturated carbocycles. The van der Waals surface area contributed by atoms with E-state index in [-0.39, 0.29) is 5.82 Å². The number of benzene rings is 1. The van der Waals surface area contributed by atoms with Crippen LogP contribution in [0, 0.1) is 5.82 Å². The summed E-state index contributed by atoms with van der Waals surface area (Å²) in [6, 6.07) is 7.08. The molecule has 1 aromatic carbocycles. The first-order valence-electron chi connectivity index (χ1n) is 4.14. The van der Waals surface area contributed by atoms with Crippen molar-refractivity contribution < 1.29 is 4.39 Å². The topological polar surface area (TPSA) is 12.0 Å². The van der Waals surface area contributed by atoms with Crippen LogP contribution in [0.3, 0.4) is 0 Å². The molecule has 66 valence electrons. The smallest absolute Gasteiger partial charge is 0.123 e. The standard InChI is InChI=1S/C10H14FN/c1-8(12-2)7-9-3-5-10(11)6-4-9/h3-6,8,12H,7H2,1-2H3/t8-/m0/s1. The van der Waals surface area contributed by atoms with Crippen LogP contribution < -0.4 is 5.32 Å². The molecule has 0 aromatic heterocycles. The molecular weight excluding hydrogens is 153 g/mol. The van der Waals surface area contributed by atoms with Gasteiger partial charge >= 0.3 is 0 Å². The van der Waals surface area contributed by atoms with Gasteiger partial charge in [0.1, 0.15) is 5.82 Å². The maximum atomic E-state index is 12.5. The molecule has 1 N–H and O–H groups in total. The van der Waals surface area contributed by atoms with E-state index in [4.69, 9.17) is 0 Å². The Labute approximate surface area is 72.6 Å². The van der Waals surface area contributed by atoms with Gasteiger partial charge in [0.25, 0.3) is 0 Å². The molecule has 0 amide bonds. The van der Waals surface area contributed by atoms with Crippen molar-refractivity contribution >= 4 is 0 Å². The Bertz CT molecular complexity index is 230. The van der Waals surface area contributed by atoms with Gasteiger partial charge in [-0.05, 0) is 38.1 Å². The summed E-state index contributed by atoms with van der Waals surface area (Å²) in [6.07, 6.45) is 0.941. The lowest BCUT2D eigenvalue weighted by Crippen LogP contribution is -2.23. The lowest BCUT2D eigenvalue weighted by atomic mass is 10.1. The molecule has 0 heterocycles. The number of halogens is 1. The minimum atomic E-state index is -0.170. The normalized spacial score (nSPS) is 12.9. The van der Waals surface area contributed by atoms with Crippen LogP contribution in [0.1, 0.15) is 12.5 Å². The first kappa shape index (κ1) is 9.20. The van der Waals surface area contributed by atoms with Gasteiger partial charge in [-0.15, -0.1) is 0 Å². The van der Waals surface area contributed by atoms with Crippen molar-refractivity contribution in [3.8, 4) is 0 Å². The van der Waals surface area contributed by atoms with Crippen LogP contribution in [-0.2, 0) is 6.42 Å². The maximum absolute atomic E-state index is 12.5. The largest absolute Gasteiger partial charge is 0.317 e. The van der Waals surface area contributed by atoms with Crippen molar-refractivity contribution in [1.82, 2.24) is 5.32 Å². The van der Waals surface area contributed by atoms with E-state index in [1.807, 2.05) is 19.2 Å². The molecule has 0 bridgehead atoms.